The molecule has 9 nitrogen and oxygen atoms in total. The van der Waals surface area contributed by atoms with Gasteiger partial charge < -0.3 is 15.4 Å². The maximum Gasteiger partial charge on any atom is 0.270 e. The number of nitrogens with zero attached hydrogens (tertiary/aromatic N) is 4. The van der Waals surface area contributed by atoms with E-state index in [0.717, 1.165) is 11.2 Å². The maximum absolute atomic E-state index is 12.6. The molecule has 3 heterocycles. The number of methoxy groups -OCH3 is 1. The van der Waals surface area contributed by atoms with Crippen LogP contribution in [0.4, 0.5) is 5.13 Å². The van der Waals surface area contributed by atoms with Crippen LogP contribution in [0.25, 0.3) is 5.65 Å². The first-order valence-corrected chi connectivity index (χ1v) is 9.65. The third kappa shape index (κ3) is 4.52. The topological polar surface area (TPSA) is 111 Å². The molecule has 0 atom stereocenters. The third-order valence-electron chi connectivity index (χ3n) is 4.08. The molecule has 148 valence electrons. The van der Waals surface area contributed by atoms with Gasteiger partial charge in [0.2, 0.25) is 11.0 Å². The number of aryl methyl sites for hydroxylation is 2. The lowest BCUT2D eigenvalue weighted by Gasteiger charge is -2.06. The van der Waals surface area contributed by atoms with Crippen molar-refractivity contribution in [2.24, 2.45) is 0 Å². The monoisotopic (exact) mass is 402 g/mol. The number of aromatic nitrogens is 4. The van der Waals surface area contributed by atoms with Gasteiger partial charge in [0.15, 0.2) is 0 Å². The Morgan fingerprint density at radius 3 is 2.89 bits per heavy atom. The molecule has 0 saturated heterocycles. The van der Waals surface area contributed by atoms with Crippen molar-refractivity contribution in [3.05, 3.63) is 40.3 Å². The maximum atomic E-state index is 12.6. The third-order valence-corrected chi connectivity index (χ3v) is 4.89. The van der Waals surface area contributed by atoms with Gasteiger partial charge in [-0.1, -0.05) is 17.4 Å². The Bertz CT molecular complexity index is 997. The molecule has 10 heteroatoms. The lowest BCUT2D eigenvalue weighted by molar-refractivity contribution is -0.116. The normalized spacial score (nSPS) is 11.0. The van der Waals surface area contributed by atoms with E-state index >= 15 is 0 Å². The fourth-order valence-corrected chi connectivity index (χ4v) is 3.52. The Labute approximate surface area is 166 Å². The van der Waals surface area contributed by atoms with Crippen LogP contribution >= 0.6 is 11.3 Å². The summed E-state index contributed by atoms with van der Waals surface area (Å²) in [4.78, 5) is 29.0. The number of imidazole rings is 1. The van der Waals surface area contributed by atoms with Crippen LogP contribution in [0.15, 0.2) is 18.3 Å². The minimum Gasteiger partial charge on any atom is -0.377 e. The van der Waals surface area contributed by atoms with Crippen molar-refractivity contribution in [2.45, 2.75) is 33.3 Å². The summed E-state index contributed by atoms with van der Waals surface area (Å²) < 4.78 is 6.76. The van der Waals surface area contributed by atoms with E-state index in [2.05, 4.69) is 25.8 Å². The number of carbonyl (C=O) groups excluding carboxylic acids is 2. The molecule has 0 spiro atoms. The Morgan fingerprint density at radius 1 is 1.29 bits per heavy atom. The van der Waals surface area contributed by atoms with E-state index in [1.165, 1.54) is 11.3 Å². The van der Waals surface area contributed by atoms with Crippen LogP contribution in [0.5, 0.6) is 0 Å². The number of fused-ring (bicyclic) bond motifs is 1. The van der Waals surface area contributed by atoms with E-state index in [1.54, 1.807) is 11.5 Å². The Morgan fingerprint density at radius 2 is 2.11 bits per heavy atom. The minimum atomic E-state index is -0.204. The highest BCUT2D eigenvalue weighted by Crippen LogP contribution is 2.16. The van der Waals surface area contributed by atoms with Gasteiger partial charge in [-0.15, -0.1) is 10.2 Å². The summed E-state index contributed by atoms with van der Waals surface area (Å²) in [5, 5.41) is 14.5. The van der Waals surface area contributed by atoms with Crippen LogP contribution < -0.4 is 10.6 Å². The number of amides is 2. The van der Waals surface area contributed by atoms with Crippen molar-refractivity contribution in [1.29, 1.82) is 0 Å². The van der Waals surface area contributed by atoms with Crippen molar-refractivity contribution in [3.63, 3.8) is 0 Å². The first-order valence-electron chi connectivity index (χ1n) is 8.83. The van der Waals surface area contributed by atoms with Crippen LogP contribution in [0, 0.1) is 13.8 Å². The average molecular weight is 402 g/mol. The van der Waals surface area contributed by atoms with E-state index in [9.17, 15) is 9.59 Å². The SMILES string of the molecule is COCc1nnc(NC(=O)CCCNC(=O)c2c(C)nc3c(C)cccn23)s1. The van der Waals surface area contributed by atoms with E-state index in [0.29, 0.717) is 41.1 Å². The number of nitrogens with one attached hydrogen (secondary N) is 2. The molecule has 2 N–H and O–H groups in total. The second-order valence-electron chi connectivity index (χ2n) is 6.27. The van der Waals surface area contributed by atoms with E-state index in [1.807, 2.05) is 32.2 Å². The molecule has 0 unspecified atom stereocenters. The van der Waals surface area contributed by atoms with E-state index in [4.69, 9.17) is 4.74 Å². The molecule has 0 bridgehead atoms. The van der Waals surface area contributed by atoms with E-state index < -0.39 is 0 Å². The van der Waals surface area contributed by atoms with Gasteiger partial charge in [0, 0.05) is 26.3 Å². The molecule has 2 amide bonds. The molecule has 3 aromatic heterocycles. The van der Waals surface area contributed by atoms with Gasteiger partial charge in [-0.05, 0) is 31.9 Å². The van der Waals surface area contributed by atoms with Crippen molar-refractivity contribution in [1.82, 2.24) is 24.9 Å². The van der Waals surface area contributed by atoms with Gasteiger partial charge in [0.05, 0.1) is 5.69 Å². The Kier molecular flexibility index (Phi) is 6.32. The molecule has 0 aliphatic carbocycles. The van der Waals surface area contributed by atoms with Crippen molar-refractivity contribution >= 4 is 33.9 Å². The summed E-state index contributed by atoms with van der Waals surface area (Å²) in [7, 11) is 1.57. The molecular weight excluding hydrogens is 380 g/mol. The largest absolute Gasteiger partial charge is 0.377 e. The molecule has 0 radical (unpaired) electrons. The number of pyridine rings is 1. The number of carbonyl (C=O) groups is 2. The fourth-order valence-electron chi connectivity index (χ4n) is 2.79. The summed E-state index contributed by atoms with van der Waals surface area (Å²) >= 11 is 1.27. The summed E-state index contributed by atoms with van der Waals surface area (Å²) in [6.07, 6.45) is 2.60. The van der Waals surface area contributed by atoms with Crippen LogP contribution in [0.2, 0.25) is 0 Å². The van der Waals surface area contributed by atoms with Crippen molar-refractivity contribution in [2.75, 3.05) is 19.0 Å². The predicted molar refractivity (Wildman–Crippen MR) is 105 cm³/mol. The lowest BCUT2D eigenvalue weighted by atomic mass is 10.2. The first kappa shape index (κ1) is 19.9. The number of rotatable bonds is 8. The van der Waals surface area contributed by atoms with Gasteiger partial charge in [0.25, 0.3) is 5.91 Å². The summed E-state index contributed by atoms with van der Waals surface area (Å²) in [5.41, 5.74) is 2.97. The van der Waals surface area contributed by atoms with Crippen molar-refractivity contribution in [3.8, 4) is 0 Å². The lowest BCUT2D eigenvalue weighted by Crippen LogP contribution is -2.27. The molecule has 0 aromatic carbocycles. The van der Waals surface area contributed by atoms with Crippen molar-refractivity contribution < 1.29 is 14.3 Å². The second kappa shape index (κ2) is 8.89. The predicted octanol–water partition coefficient (Wildman–Crippen LogP) is 2.10. The molecule has 3 aromatic rings. The highest BCUT2D eigenvalue weighted by Gasteiger charge is 2.17. The number of hydrogen-bond acceptors (Lipinski definition) is 7. The van der Waals surface area contributed by atoms with Gasteiger partial charge in [-0.2, -0.15) is 0 Å². The highest BCUT2D eigenvalue weighted by atomic mass is 32.1. The van der Waals surface area contributed by atoms with Gasteiger partial charge in [0.1, 0.15) is 23.0 Å². The molecule has 0 fully saturated rings. The zero-order valence-electron chi connectivity index (χ0n) is 16.0. The standard InChI is InChI=1S/C18H22N6O3S/c1-11-6-5-9-24-15(12(2)20-16(11)24)17(26)19-8-4-7-13(25)21-18-23-22-14(28-18)10-27-3/h5-6,9H,4,7-8,10H2,1-3H3,(H,19,26)(H,21,23,25). The van der Waals surface area contributed by atoms with Gasteiger partial charge in [-0.25, -0.2) is 4.98 Å². The Hall–Kier alpha value is -2.85. The van der Waals surface area contributed by atoms with Gasteiger partial charge in [-0.3, -0.25) is 14.0 Å². The molecular formula is C18H22N6O3S. The fraction of sp³-hybridized carbons (Fsp3) is 0.389. The summed E-state index contributed by atoms with van der Waals surface area (Å²) in [6.45, 7) is 4.52. The van der Waals surface area contributed by atoms with Crippen LogP contribution in [-0.4, -0.2) is 45.1 Å². The van der Waals surface area contributed by atoms with Crippen LogP contribution in [-0.2, 0) is 16.1 Å². The minimum absolute atomic E-state index is 0.170. The molecule has 0 saturated carbocycles. The smallest absolute Gasteiger partial charge is 0.270 e. The zero-order chi connectivity index (χ0) is 20.1. The molecule has 0 aliphatic rings. The average Bonchev–Trinajstić information content (AvgIpc) is 3.23. The molecule has 0 aliphatic heterocycles. The van der Waals surface area contributed by atoms with E-state index in [-0.39, 0.29) is 18.2 Å². The van der Waals surface area contributed by atoms with Crippen LogP contribution in [0.3, 0.4) is 0 Å². The quantitative estimate of drug-likeness (QED) is 0.558. The molecule has 28 heavy (non-hydrogen) atoms. The number of ether oxygens (including phenoxy) is 1. The first-order chi connectivity index (χ1) is 13.5. The molecule has 3 rings (SSSR count). The van der Waals surface area contributed by atoms with Gasteiger partial charge >= 0.3 is 0 Å². The van der Waals surface area contributed by atoms with Crippen LogP contribution in [0.1, 0.15) is 39.6 Å². The summed E-state index contributed by atoms with van der Waals surface area (Å²) in [6, 6.07) is 3.84. The summed E-state index contributed by atoms with van der Waals surface area (Å²) in [5.74, 6) is -0.375. The highest BCUT2D eigenvalue weighted by molar-refractivity contribution is 7.15. The number of hydrogen-bond donors (Lipinski definition) is 2. The zero-order valence-corrected chi connectivity index (χ0v) is 16.8. The Balaban J connectivity index is 1.48. The number of anilines is 1. The second-order valence-corrected chi connectivity index (χ2v) is 7.33.